The zero-order valence-electron chi connectivity index (χ0n) is 13.2. The summed E-state index contributed by atoms with van der Waals surface area (Å²) in [6, 6.07) is 9.59. The molecule has 4 rings (SSSR count). The zero-order valence-corrected chi connectivity index (χ0v) is 13.2. The molecule has 0 aliphatic heterocycles. The summed E-state index contributed by atoms with van der Waals surface area (Å²) in [7, 11) is 0. The number of rotatable bonds is 4. The Labute approximate surface area is 142 Å². The number of carbonyl (C=O) groups is 1. The fourth-order valence-corrected chi connectivity index (χ4v) is 2.69. The third-order valence-electron chi connectivity index (χ3n) is 3.85. The maximum Gasteiger partial charge on any atom is 0.244 e. The van der Waals surface area contributed by atoms with Crippen molar-refractivity contribution in [3.63, 3.8) is 0 Å². The number of nitrogens with two attached hydrogens (primary N) is 1. The first kappa shape index (κ1) is 14.9. The lowest BCUT2D eigenvalue weighted by atomic mass is 10.1. The van der Waals surface area contributed by atoms with E-state index in [4.69, 9.17) is 5.73 Å². The monoisotopic (exact) mass is 333 g/mol. The van der Waals surface area contributed by atoms with E-state index >= 15 is 0 Å². The van der Waals surface area contributed by atoms with Crippen LogP contribution in [0.2, 0.25) is 0 Å². The lowest BCUT2D eigenvalue weighted by Gasteiger charge is -2.10. The van der Waals surface area contributed by atoms with Crippen molar-refractivity contribution in [3.05, 3.63) is 55.4 Å². The number of amides is 1. The molecule has 25 heavy (non-hydrogen) atoms. The van der Waals surface area contributed by atoms with Gasteiger partial charge in [-0.15, -0.1) is 0 Å². The number of hydrogen-bond acceptors (Lipinski definition) is 5. The molecular formula is C17H15N7O. The Morgan fingerprint density at radius 1 is 1.20 bits per heavy atom. The van der Waals surface area contributed by atoms with Crippen LogP contribution in [0.15, 0.2) is 55.4 Å². The van der Waals surface area contributed by atoms with Gasteiger partial charge in [-0.05, 0) is 12.1 Å². The number of fused-ring (bicyclic) bond motifs is 1. The van der Waals surface area contributed by atoms with E-state index in [1.54, 1.807) is 4.57 Å². The molecule has 1 amide bonds. The first-order valence-corrected chi connectivity index (χ1v) is 7.66. The van der Waals surface area contributed by atoms with Crippen molar-refractivity contribution in [3.8, 4) is 11.1 Å². The van der Waals surface area contributed by atoms with Gasteiger partial charge in [0.1, 0.15) is 18.4 Å². The van der Waals surface area contributed by atoms with Crippen LogP contribution >= 0.6 is 0 Å². The summed E-state index contributed by atoms with van der Waals surface area (Å²) in [4.78, 5) is 27.7. The van der Waals surface area contributed by atoms with Crippen molar-refractivity contribution in [1.29, 1.82) is 0 Å². The Morgan fingerprint density at radius 3 is 2.92 bits per heavy atom. The number of benzene rings is 1. The number of nitrogens with one attached hydrogen (secondary N) is 2. The average molecular weight is 333 g/mol. The molecule has 8 heteroatoms. The van der Waals surface area contributed by atoms with Gasteiger partial charge in [-0.3, -0.25) is 4.79 Å². The van der Waals surface area contributed by atoms with Gasteiger partial charge in [-0.1, -0.05) is 18.2 Å². The average Bonchev–Trinajstić information content (AvgIpc) is 3.27. The molecule has 0 radical (unpaired) electrons. The zero-order chi connectivity index (χ0) is 17.2. The Morgan fingerprint density at radius 2 is 2.08 bits per heavy atom. The van der Waals surface area contributed by atoms with Crippen molar-refractivity contribution >= 4 is 28.6 Å². The number of aromatic nitrogens is 5. The molecule has 0 saturated heterocycles. The van der Waals surface area contributed by atoms with Crippen molar-refractivity contribution in [2.24, 2.45) is 0 Å². The summed E-state index contributed by atoms with van der Waals surface area (Å²) in [6.07, 6.45) is 6.62. The predicted molar refractivity (Wildman–Crippen MR) is 94.6 cm³/mol. The van der Waals surface area contributed by atoms with Crippen LogP contribution in [-0.4, -0.2) is 30.4 Å². The lowest BCUT2D eigenvalue weighted by Crippen LogP contribution is -2.19. The van der Waals surface area contributed by atoms with Crippen molar-refractivity contribution in [1.82, 2.24) is 24.5 Å². The minimum Gasteiger partial charge on any atom is -0.382 e. The van der Waals surface area contributed by atoms with Gasteiger partial charge >= 0.3 is 0 Å². The van der Waals surface area contributed by atoms with E-state index in [-0.39, 0.29) is 12.5 Å². The summed E-state index contributed by atoms with van der Waals surface area (Å²) in [5.41, 5.74) is 9.47. The highest BCUT2D eigenvalue weighted by Crippen LogP contribution is 2.27. The van der Waals surface area contributed by atoms with Gasteiger partial charge < -0.3 is 20.6 Å². The van der Waals surface area contributed by atoms with E-state index in [9.17, 15) is 4.79 Å². The fraction of sp³-hybridized carbons (Fsp3) is 0.0588. The standard InChI is InChI=1S/C17H15N7O/c18-16-15-17(21-9-20-16)24(10-22-15)8-14(25)23-13-4-2-1-3-12(13)11-5-6-19-7-11/h1-7,9-10,19H,8H2,(H,23,25)(H2,18,20,21). The lowest BCUT2D eigenvalue weighted by molar-refractivity contribution is -0.116. The van der Waals surface area contributed by atoms with E-state index in [1.165, 1.54) is 12.7 Å². The number of H-pyrrole nitrogens is 1. The number of para-hydroxylation sites is 1. The molecule has 0 atom stereocenters. The number of nitrogen functional groups attached to an aromatic ring is 1. The Hall–Kier alpha value is -3.68. The van der Waals surface area contributed by atoms with Gasteiger partial charge in [-0.2, -0.15) is 0 Å². The van der Waals surface area contributed by atoms with Crippen molar-refractivity contribution in [2.75, 3.05) is 11.1 Å². The van der Waals surface area contributed by atoms with Gasteiger partial charge in [0.05, 0.1) is 6.33 Å². The molecular weight excluding hydrogens is 318 g/mol. The maximum atomic E-state index is 12.5. The quantitative estimate of drug-likeness (QED) is 0.529. The second-order valence-corrected chi connectivity index (χ2v) is 5.50. The molecule has 0 unspecified atom stereocenters. The minimum absolute atomic E-state index is 0.0778. The van der Waals surface area contributed by atoms with Gasteiger partial charge in [0, 0.05) is 29.2 Å². The van der Waals surface area contributed by atoms with Crippen LogP contribution in [0.5, 0.6) is 0 Å². The molecule has 0 spiro atoms. The normalized spacial score (nSPS) is 10.9. The highest BCUT2D eigenvalue weighted by atomic mass is 16.1. The summed E-state index contributed by atoms with van der Waals surface area (Å²) in [5, 5.41) is 2.94. The molecule has 0 aliphatic carbocycles. The summed E-state index contributed by atoms with van der Waals surface area (Å²) < 4.78 is 1.64. The molecule has 1 aromatic carbocycles. The highest BCUT2D eigenvalue weighted by Gasteiger charge is 2.12. The molecule has 0 saturated carbocycles. The first-order chi connectivity index (χ1) is 12.2. The second kappa shape index (κ2) is 6.08. The fourth-order valence-electron chi connectivity index (χ4n) is 2.69. The molecule has 124 valence electrons. The van der Waals surface area contributed by atoms with Crippen LogP contribution < -0.4 is 11.1 Å². The SMILES string of the molecule is Nc1ncnc2c1ncn2CC(=O)Nc1ccccc1-c1cc[nH]c1. The van der Waals surface area contributed by atoms with Crippen molar-refractivity contribution in [2.45, 2.75) is 6.54 Å². The third kappa shape index (κ3) is 2.80. The molecule has 3 heterocycles. The number of imidazole rings is 1. The van der Waals surface area contributed by atoms with E-state index in [2.05, 4.69) is 25.3 Å². The van der Waals surface area contributed by atoms with Gasteiger partial charge in [-0.25, -0.2) is 15.0 Å². The van der Waals surface area contributed by atoms with Gasteiger partial charge in [0.25, 0.3) is 0 Å². The molecule has 0 fully saturated rings. The number of anilines is 2. The van der Waals surface area contributed by atoms with Crippen LogP contribution in [0.25, 0.3) is 22.3 Å². The van der Waals surface area contributed by atoms with Gasteiger partial charge in [0.15, 0.2) is 11.5 Å². The van der Waals surface area contributed by atoms with Crippen molar-refractivity contribution < 1.29 is 4.79 Å². The third-order valence-corrected chi connectivity index (χ3v) is 3.85. The Balaban J connectivity index is 1.58. The molecule has 0 bridgehead atoms. The van der Waals surface area contributed by atoms with Gasteiger partial charge in [0.2, 0.25) is 5.91 Å². The van der Waals surface area contributed by atoms with Crippen LogP contribution in [0, 0.1) is 0 Å². The summed E-state index contributed by atoms with van der Waals surface area (Å²) in [6.45, 7) is 0.0778. The largest absolute Gasteiger partial charge is 0.382 e. The van der Waals surface area contributed by atoms with Crippen LogP contribution in [-0.2, 0) is 11.3 Å². The number of aromatic amines is 1. The Bertz CT molecular complexity index is 1040. The minimum atomic E-state index is -0.181. The van der Waals surface area contributed by atoms with E-state index < -0.39 is 0 Å². The highest BCUT2D eigenvalue weighted by molar-refractivity contribution is 5.96. The molecule has 3 aromatic heterocycles. The molecule has 4 aromatic rings. The first-order valence-electron chi connectivity index (χ1n) is 7.66. The second-order valence-electron chi connectivity index (χ2n) is 5.50. The molecule has 4 N–H and O–H groups in total. The van der Waals surface area contributed by atoms with Crippen LogP contribution in [0.4, 0.5) is 11.5 Å². The smallest absolute Gasteiger partial charge is 0.244 e. The molecule has 8 nitrogen and oxygen atoms in total. The maximum absolute atomic E-state index is 12.5. The predicted octanol–water partition coefficient (Wildman–Crippen LogP) is 2.04. The van der Waals surface area contributed by atoms with E-state index in [0.717, 1.165) is 16.8 Å². The summed E-state index contributed by atoms with van der Waals surface area (Å²) in [5.74, 6) is 0.112. The summed E-state index contributed by atoms with van der Waals surface area (Å²) >= 11 is 0. The Kier molecular flexibility index (Phi) is 3.62. The topological polar surface area (TPSA) is 115 Å². The molecule has 0 aliphatic rings. The van der Waals surface area contributed by atoms with E-state index in [1.807, 2.05) is 42.7 Å². The number of nitrogens with zero attached hydrogens (tertiary/aromatic N) is 4. The number of hydrogen-bond donors (Lipinski definition) is 3. The van der Waals surface area contributed by atoms with E-state index in [0.29, 0.717) is 17.0 Å². The van der Waals surface area contributed by atoms with Crippen LogP contribution in [0.1, 0.15) is 0 Å². The van der Waals surface area contributed by atoms with Crippen LogP contribution in [0.3, 0.4) is 0 Å². The number of carbonyl (C=O) groups excluding carboxylic acids is 1.